The Labute approximate surface area is 92.4 Å². The van der Waals surface area contributed by atoms with Crippen LogP contribution in [-0.2, 0) is 0 Å². The van der Waals surface area contributed by atoms with Crippen molar-refractivity contribution in [3.05, 3.63) is 16.7 Å². The average Bonchev–Trinajstić information content (AvgIpc) is 2.16. The molecule has 0 heterocycles. The maximum Gasteiger partial charge on any atom is 0.203 e. The quantitative estimate of drug-likeness (QED) is 0.810. The van der Waals surface area contributed by atoms with Crippen LogP contribution in [0.15, 0.2) is 6.07 Å². The highest BCUT2D eigenvalue weighted by atomic mass is 35.5. The monoisotopic (exact) mass is 230 g/mol. The summed E-state index contributed by atoms with van der Waals surface area (Å²) < 4.78 is 9.88. The van der Waals surface area contributed by atoms with Crippen molar-refractivity contribution in [2.75, 3.05) is 14.2 Å². The molecule has 1 aromatic carbocycles. The van der Waals surface area contributed by atoms with Crippen molar-refractivity contribution in [2.45, 2.75) is 6.92 Å². The van der Waals surface area contributed by atoms with Crippen molar-refractivity contribution in [3.8, 4) is 17.2 Å². The van der Waals surface area contributed by atoms with Crippen molar-refractivity contribution >= 4 is 17.4 Å². The molecule has 1 aromatic rings. The molecule has 0 unspecified atom stereocenters. The minimum Gasteiger partial charge on any atom is -0.504 e. The van der Waals surface area contributed by atoms with Crippen LogP contribution in [-0.4, -0.2) is 25.1 Å². The van der Waals surface area contributed by atoms with E-state index in [4.69, 9.17) is 21.1 Å². The molecule has 5 heteroatoms. The van der Waals surface area contributed by atoms with Crippen LogP contribution in [0.2, 0.25) is 5.02 Å². The molecule has 0 amide bonds. The summed E-state index contributed by atoms with van der Waals surface area (Å²) in [6.07, 6.45) is 0. The Bertz CT molecular complexity index is 401. The third-order valence-corrected chi connectivity index (χ3v) is 2.25. The number of ketones is 1. The van der Waals surface area contributed by atoms with Gasteiger partial charge < -0.3 is 14.6 Å². The Morgan fingerprint density at radius 3 is 2.40 bits per heavy atom. The summed E-state index contributed by atoms with van der Waals surface area (Å²) in [5, 5.41) is 9.88. The van der Waals surface area contributed by atoms with E-state index in [1.54, 1.807) is 0 Å². The fourth-order valence-electron chi connectivity index (χ4n) is 1.28. The Morgan fingerprint density at radius 2 is 2.00 bits per heavy atom. The second kappa shape index (κ2) is 4.40. The van der Waals surface area contributed by atoms with Crippen LogP contribution in [0.5, 0.6) is 17.2 Å². The van der Waals surface area contributed by atoms with Crippen molar-refractivity contribution in [1.29, 1.82) is 0 Å². The molecule has 0 aliphatic carbocycles. The van der Waals surface area contributed by atoms with Gasteiger partial charge in [0.2, 0.25) is 5.75 Å². The first-order valence-electron chi connectivity index (χ1n) is 4.17. The lowest BCUT2D eigenvalue weighted by molar-refractivity contribution is 0.101. The van der Waals surface area contributed by atoms with Gasteiger partial charge in [-0.3, -0.25) is 4.79 Å². The number of carbonyl (C=O) groups is 1. The smallest absolute Gasteiger partial charge is 0.203 e. The van der Waals surface area contributed by atoms with Gasteiger partial charge >= 0.3 is 0 Å². The molecule has 0 spiro atoms. The van der Waals surface area contributed by atoms with Gasteiger partial charge in [-0.05, 0) is 6.92 Å². The second-order valence-electron chi connectivity index (χ2n) is 2.87. The lowest BCUT2D eigenvalue weighted by Crippen LogP contribution is -1.99. The molecule has 1 N–H and O–H groups in total. The summed E-state index contributed by atoms with van der Waals surface area (Å²) in [6, 6.07) is 1.43. The van der Waals surface area contributed by atoms with Gasteiger partial charge in [-0.1, -0.05) is 11.6 Å². The van der Waals surface area contributed by atoms with Gasteiger partial charge in [0.05, 0.1) is 24.8 Å². The van der Waals surface area contributed by atoms with Gasteiger partial charge in [0.25, 0.3) is 0 Å². The van der Waals surface area contributed by atoms with Gasteiger partial charge in [-0.25, -0.2) is 0 Å². The molecule has 0 aliphatic heterocycles. The lowest BCUT2D eigenvalue weighted by atomic mass is 10.1. The first-order valence-corrected chi connectivity index (χ1v) is 4.55. The molecule has 0 radical (unpaired) electrons. The number of Topliss-reactive ketones (excluding diaryl/α,β-unsaturated/α-hetero) is 1. The molecule has 1 rings (SSSR count). The zero-order valence-corrected chi connectivity index (χ0v) is 9.38. The molecule has 0 fully saturated rings. The standard InChI is InChI=1S/C10H11ClO4/c1-5(12)8-6(11)4-7(14-2)10(15-3)9(8)13/h4,13H,1-3H3. The van der Waals surface area contributed by atoms with Crippen LogP contribution in [0.4, 0.5) is 0 Å². The minimum absolute atomic E-state index is 0.0364. The summed E-state index contributed by atoms with van der Waals surface area (Å²) >= 11 is 5.82. The number of benzene rings is 1. The number of methoxy groups -OCH3 is 2. The van der Waals surface area contributed by atoms with Crippen LogP contribution in [0.25, 0.3) is 0 Å². The van der Waals surface area contributed by atoms with Crippen molar-refractivity contribution in [2.24, 2.45) is 0 Å². The zero-order chi connectivity index (χ0) is 11.6. The summed E-state index contributed by atoms with van der Waals surface area (Å²) in [6.45, 7) is 1.31. The Balaban J connectivity index is 3.51. The highest BCUT2D eigenvalue weighted by molar-refractivity contribution is 6.34. The summed E-state index contributed by atoms with van der Waals surface area (Å²) in [7, 11) is 2.79. The van der Waals surface area contributed by atoms with Gasteiger partial charge in [-0.2, -0.15) is 0 Å². The zero-order valence-electron chi connectivity index (χ0n) is 8.63. The summed E-state index contributed by atoms with van der Waals surface area (Å²) in [4.78, 5) is 11.2. The molecule has 15 heavy (non-hydrogen) atoms. The average molecular weight is 231 g/mol. The number of halogens is 1. The molecule has 0 bridgehead atoms. The number of ether oxygens (including phenoxy) is 2. The predicted octanol–water partition coefficient (Wildman–Crippen LogP) is 2.27. The van der Waals surface area contributed by atoms with Gasteiger partial charge in [0.15, 0.2) is 17.3 Å². The summed E-state index contributed by atoms with van der Waals surface area (Å²) in [5.74, 6) is -0.245. The van der Waals surface area contributed by atoms with Gasteiger partial charge in [0, 0.05) is 6.07 Å². The van der Waals surface area contributed by atoms with E-state index in [1.807, 2.05) is 0 Å². The minimum atomic E-state index is -0.335. The fraction of sp³-hybridized carbons (Fsp3) is 0.300. The van der Waals surface area contributed by atoms with Crippen LogP contribution >= 0.6 is 11.6 Å². The van der Waals surface area contributed by atoms with Crippen molar-refractivity contribution < 1.29 is 19.4 Å². The molecule has 0 aromatic heterocycles. The van der Waals surface area contributed by atoms with E-state index in [-0.39, 0.29) is 33.6 Å². The van der Waals surface area contributed by atoms with Crippen LogP contribution in [0, 0.1) is 0 Å². The third kappa shape index (κ3) is 1.99. The third-order valence-electron chi connectivity index (χ3n) is 1.95. The fourth-order valence-corrected chi connectivity index (χ4v) is 1.60. The van der Waals surface area contributed by atoms with Crippen molar-refractivity contribution in [3.63, 3.8) is 0 Å². The van der Waals surface area contributed by atoms with Crippen LogP contribution in [0.3, 0.4) is 0 Å². The number of rotatable bonds is 3. The van der Waals surface area contributed by atoms with E-state index in [9.17, 15) is 9.90 Å². The van der Waals surface area contributed by atoms with Gasteiger partial charge in [-0.15, -0.1) is 0 Å². The predicted molar refractivity (Wildman–Crippen MR) is 56.2 cm³/mol. The molecule has 0 saturated carbocycles. The van der Waals surface area contributed by atoms with Crippen LogP contribution in [0.1, 0.15) is 17.3 Å². The Morgan fingerprint density at radius 1 is 1.40 bits per heavy atom. The number of aromatic hydroxyl groups is 1. The molecule has 0 atom stereocenters. The van der Waals surface area contributed by atoms with E-state index in [2.05, 4.69) is 0 Å². The van der Waals surface area contributed by atoms with Gasteiger partial charge in [0.1, 0.15) is 0 Å². The number of phenolic OH excluding ortho intramolecular Hbond substituents is 1. The van der Waals surface area contributed by atoms with Crippen molar-refractivity contribution in [1.82, 2.24) is 0 Å². The molecular formula is C10H11ClO4. The van der Waals surface area contributed by atoms with E-state index in [1.165, 1.54) is 27.2 Å². The number of hydrogen-bond acceptors (Lipinski definition) is 4. The maximum absolute atomic E-state index is 11.2. The van der Waals surface area contributed by atoms with E-state index in [0.717, 1.165) is 0 Å². The second-order valence-corrected chi connectivity index (χ2v) is 3.28. The SMILES string of the molecule is COc1cc(Cl)c(C(C)=O)c(O)c1OC. The molecular weight excluding hydrogens is 220 g/mol. The maximum atomic E-state index is 11.2. The molecule has 0 aliphatic rings. The number of hydrogen-bond donors (Lipinski definition) is 1. The molecule has 4 nitrogen and oxygen atoms in total. The Kier molecular flexibility index (Phi) is 3.42. The highest BCUT2D eigenvalue weighted by Crippen LogP contribution is 2.42. The topological polar surface area (TPSA) is 55.8 Å². The van der Waals surface area contributed by atoms with E-state index in [0.29, 0.717) is 0 Å². The number of carbonyl (C=O) groups excluding carboxylic acids is 1. The molecule has 0 saturated heterocycles. The summed E-state index contributed by atoms with van der Waals surface area (Å²) in [5.41, 5.74) is 0.0364. The van der Waals surface area contributed by atoms with E-state index < -0.39 is 0 Å². The molecule has 82 valence electrons. The first-order chi connectivity index (χ1) is 7.02. The largest absolute Gasteiger partial charge is 0.504 e. The lowest BCUT2D eigenvalue weighted by Gasteiger charge is -2.12. The van der Waals surface area contributed by atoms with Crippen LogP contribution < -0.4 is 9.47 Å². The number of phenols is 1. The van der Waals surface area contributed by atoms with E-state index >= 15 is 0 Å². The normalized spacial score (nSPS) is 9.87. The first kappa shape index (κ1) is 11.7. The highest BCUT2D eigenvalue weighted by Gasteiger charge is 2.20. The Hall–Kier alpha value is -1.42.